The maximum atomic E-state index is 9.32. The van der Waals surface area contributed by atoms with Crippen LogP contribution < -0.4 is 4.90 Å². The average Bonchev–Trinajstić information content (AvgIpc) is 2.90. The van der Waals surface area contributed by atoms with Crippen molar-refractivity contribution in [3.8, 4) is 0 Å². The second kappa shape index (κ2) is 5.47. The summed E-state index contributed by atoms with van der Waals surface area (Å²) in [7, 11) is 0. The van der Waals surface area contributed by atoms with E-state index in [1.54, 1.807) is 11.3 Å². The minimum Gasteiger partial charge on any atom is -0.396 e. The second-order valence-corrected chi connectivity index (χ2v) is 6.30. The Morgan fingerprint density at radius 1 is 1.47 bits per heavy atom. The molecule has 0 amide bonds. The number of fused-ring (bicyclic) bond motifs is 1. The van der Waals surface area contributed by atoms with Gasteiger partial charge in [0.25, 0.3) is 0 Å². The van der Waals surface area contributed by atoms with Crippen molar-refractivity contribution in [1.29, 1.82) is 0 Å². The Kier molecular flexibility index (Phi) is 3.71. The molecule has 1 aliphatic heterocycles. The van der Waals surface area contributed by atoms with Crippen LogP contribution in [0.3, 0.4) is 0 Å². The molecule has 1 aromatic heterocycles. The van der Waals surface area contributed by atoms with Gasteiger partial charge in [0.15, 0.2) is 5.13 Å². The van der Waals surface area contributed by atoms with Crippen LogP contribution in [0.25, 0.3) is 10.2 Å². The van der Waals surface area contributed by atoms with Crippen LogP contribution in [0.2, 0.25) is 0 Å². The summed E-state index contributed by atoms with van der Waals surface area (Å²) >= 11 is 1.78. The van der Waals surface area contributed by atoms with Gasteiger partial charge < -0.3 is 10.0 Å². The summed E-state index contributed by atoms with van der Waals surface area (Å²) in [4.78, 5) is 7.08. The predicted octanol–water partition coefficient (Wildman–Crippen LogP) is 3.07. The fraction of sp³-hybridized carbons (Fsp3) is 0.533. The monoisotopic (exact) mass is 276 g/mol. The summed E-state index contributed by atoms with van der Waals surface area (Å²) in [5.74, 6) is 0.409. The number of benzene rings is 1. The van der Waals surface area contributed by atoms with Crippen molar-refractivity contribution in [1.82, 2.24) is 4.98 Å². The summed E-state index contributed by atoms with van der Waals surface area (Å²) in [6.45, 7) is 4.48. The van der Waals surface area contributed by atoms with E-state index in [0.717, 1.165) is 43.0 Å². The van der Waals surface area contributed by atoms with Crippen LogP contribution >= 0.6 is 11.3 Å². The zero-order valence-corrected chi connectivity index (χ0v) is 12.1. The third-order valence-corrected chi connectivity index (χ3v) is 4.98. The molecule has 1 N–H and O–H groups in total. The Balaban J connectivity index is 1.88. The van der Waals surface area contributed by atoms with Crippen LogP contribution in [-0.2, 0) is 6.42 Å². The SMILES string of the molecule is CCc1ccc2nc(N3CCCC(CO)C3)sc2c1. The first-order valence-corrected chi connectivity index (χ1v) is 7.87. The minimum atomic E-state index is 0.293. The molecule has 0 radical (unpaired) electrons. The van der Waals surface area contributed by atoms with Crippen molar-refractivity contribution in [3.63, 3.8) is 0 Å². The average molecular weight is 276 g/mol. The number of thiazole rings is 1. The molecule has 1 aliphatic rings. The van der Waals surface area contributed by atoms with Crippen LogP contribution in [0.5, 0.6) is 0 Å². The lowest BCUT2D eigenvalue weighted by Crippen LogP contribution is -2.36. The maximum Gasteiger partial charge on any atom is 0.186 e. The Bertz CT molecular complexity index is 566. The molecule has 1 atom stereocenters. The zero-order chi connectivity index (χ0) is 13.2. The van der Waals surface area contributed by atoms with Gasteiger partial charge in [0, 0.05) is 19.7 Å². The quantitative estimate of drug-likeness (QED) is 0.936. The van der Waals surface area contributed by atoms with E-state index >= 15 is 0 Å². The Hall–Kier alpha value is -1.13. The van der Waals surface area contributed by atoms with Crippen LogP contribution in [0.4, 0.5) is 5.13 Å². The number of anilines is 1. The topological polar surface area (TPSA) is 36.4 Å². The van der Waals surface area contributed by atoms with E-state index < -0.39 is 0 Å². The summed E-state index contributed by atoms with van der Waals surface area (Å²) in [6.07, 6.45) is 3.36. The first kappa shape index (κ1) is 12.9. The smallest absolute Gasteiger partial charge is 0.186 e. The summed E-state index contributed by atoms with van der Waals surface area (Å²) in [5.41, 5.74) is 2.47. The Morgan fingerprint density at radius 2 is 2.37 bits per heavy atom. The fourth-order valence-corrected chi connectivity index (χ4v) is 3.76. The summed E-state index contributed by atoms with van der Waals surface area (Å²) in [6, 6.07) is 6.55. The van der Waals surface area contributed by atoms with Crippen molar-refractivity contribution in [2.75, 3.05) is 24.6 Å². The molecule has 1 unspecified atom stereocenters. The molecule has 0 bridgehead atoms. The fourth-order valence-electron chi connectivity index (χ4n) is 2.70. The van der Waals surface area contributed by atoms with Gasteiger partial charge in [0.1, 0.15) is 0 Å². The van der Waals surface area contributed by atoms with Crippen molar-refractivity contribution in [2.24, 2.45) is 5.92 Å². The molecular formula is C15H20N2OS. The van der Waals surface area contributed by atoms with Gasteiger partial charge in [-0.15, -0.1) is 0 Å². The van der Waals surface area contributed by atoms with Gasteiger partial charge in [-0.05, 0) is 42.9 Å². The standard InChI is InChI=1S/C15H20N2OS/c1-2-11-5-6-13-14(8-11)19-15(16-13)17-7-3-4-12(9-17)10-18/h5-6,8,12,18H,2-4,7,9-10H2,1H3. The molecule has 2 heterocycles. The lowest BCUT2D eigenvalue weighted by Gasteiger charge is -2.31. The lowest BCUT2D eigenvalue weighted by molar-refractivity contribution is 0.208. The molecule has 3 rings (SSSR count). The number of piperidine rings is 1. The molecule has 1 fully saturated rings. The molecule has 0 aliphatic carbocycles. The van der Waals surface area contributed by atoms with E-state index in [1.807, 2.05) is 0 Å². The first-order chi connectivity index (χ1) is 9.30. The van der Waals surface area contributed by atoms with E-state index in [1.165, 1.54) is 10.3 Å². The molecule has 4 heteroatoms. The predicted molar refractivity (Wildman–Crippen MR) is 81.0 cm³/mol. The molecule has 1 aromatic carbocycles. The highest BCUT2D eigenvalue weighted by atomic mass is 32.1. The number of hydrogen-bond acceptors (Lipinski definition) is 4. The Labute approximate surface area is 117 Å². The van der Waals surface area contributed by atoms with Crippen LogP contribution in [0.1, 0.15) is 25.3 Å². The molecule has 3 nitrogen and oxygen atoms in total. The molecular weight excluding hydrogens is 256 g/mol. The lowest BCUT2D eigenvalue weighted by atomic mass is 10.00. The highest BCUT2D eigenvalue weighted by Gasteiger charge is 2.21. The number of nitrogens with zero attached hydrogens (tertiary/aromatic N) is 2. The van der Waals surface area contributed by atoms with Gasteiger partial charge in [-0.2, -0.15) is 0 Å². The molecule has 1 saturated heterocycles. The van der Waals surface area contributed by atoms with Gasteiger partial charge >= 0.3 is 0 Å². The van der Waals surface area contributed by atoms with Crippen LogP contribution in [0, 0.1) is 5.92 Å². The van der Waals surface area contributed by atoms with Gasteiger partial charge in [0.05, 0.1) is 10.2 Å². The van der Waals surface area contributed by atoms with E-state index in [0.29, 0.717) is 12.5 Å². The number of aliphatic hydroxyl groups is 1. The van der Waals surface area contributed by atoms with Gasteiger partial charge in [-0.3, -0.25) is 0 Å². The minimum absolute atomic E-state index is 0.293. The van der Waals surface area contributed by atoms with E-state index in [2.05, 4.69) is 30.0 Å². The van der Waals surface area contributed by atoms with Crippen molar-refractivity contribution in [2.45, 2.75) is 26.2 Å². The van der Waals surface area contributed by atoms with E-state index in [-0.39, 0.29) is 0 Å². The van der Waals surface area contributed by atoms with Crippen LogP contribution in [-0.4, -0.2) is 29.8 Å². The molecule has 102 valence electrons. The summed E-state index contributed by atoms with van der Waals surface area (Å²) < 4.78 is 1.28. The maximum absolute atomic E-state index is 9.32. The number of aliphatic hydroxyl groups excluding tert-OH is 1. The van der Waals surface area contributed by atoms with Crippen LogP contribution in [0.15, 0.2) is 18.2 Å². The van der Waals surface area contributed by atoms with Gasteiger partial charge in [0.2, 0.25) is 0 Å². The summed E-state index contributed by atoms with van der Waals surface area (Å²) in [5, 5.41) is 10.4. The highest BCUT2D eigenvalue weighted by Crippen LogP contribution is 2.32. The van der Waals surface area contributed by atoms with Gasteiger partial charge in [-0.1, -0.05) is 24.3 Å². The normalized spacial score (nSPS) is 20.1. The van der Waals surface area contributed by atoms with E-state index in [9.17, 15) is 5.11 Å². The highest BCUT2D eigenvalue weighted by molar-refractivity contribution is 7.22. The van der Waals surface area contributed by atoms with E-state index in [4.69, 9.17) is 4.98 Å². The molecule has 0 saturated carbocycles. The first-order valence-electron chi connectivity index (χ1n) is 7.05. The van der Waals surface area contributed by atoms with Crippen molar-refractivity contribution in [3.05, 3.63) is 23.8 Å². The molecule has 2 aromatic rings. The largest absolute Gasteiger partial charge is 0.396 e. The zero-order valence-electron chi connectivity index (χ0n) is 11.3. The number of hydrogen-bond donors (Lipinski definition) is 1. The number of rotatable bonds is 3. The third kappa shape index (κ3) is 2.60. The molecule has 19 heavy (non-hydrogen) atoms. The second-order valence-electron chi connectivity index (χ2n) is 5.29. The number of aromatic nitrogens is 1. The molecule has 0 spiro atoms. The van der Waals surface area contributed by atoms with Crippen molar-refractivity contribution < 1.29 is 5.11 Å². The number of aryl methyl sites for hydroxylation is 1. The third-order valence-electron chi connectivity index (χ3n) is 3.90. The van der Waals surface area contributed by atoms with Crippen molar-refractivity contribution >= 4 is 26.7 Å². The Morgan fingerprint density at radius 3 is 3.16 bits per heavy atom. The van der Waals surface area contributed by atoms with Gasteiger partial charge in [-0.25, -0.2) is 4.98 Å².